The molecule has 0 heterocycles. The van der Waals surface area contributed by atoms with Crippen molar-refractivity contribution in [3.8, 4) is 11.1 Å². The van der Waals surface area contributed by atoms with Crippen LogP contribution in [0.3, 0.4) is 0 Å². The topological polar surface area (TPSA) is 0 Å². The van der Waals surface area contributed by atoms with Crippen LogP contribution >= 0.6 is 0 Å². The molecule has 4 aromatic carbocycles. The summed E-state index contributed by atoms with van der Waals surface area (Å²) in [6.07, 6.45) is 5.02. The van der Waals surface area contributed by atoms with Crippen LogP contribution in [-0.2, 0) is 35.5 Å². The maximum absolute atomic E-state index is 2.56. The van der Waals surface area contributed by atoms with Gasteiger partial charge < -0.3 is 24.8 Å². The van der Waals surface area contributed by atoms with E-state index >= 15 is 0 Å². The molecule has 6 rings (SSSR count). The van der Waals surface area contributed by atoms with E-state index in [2.05, 4.69) is 166 Å². The fourth-order valence-electron chi connectivity index (χ4n) is 7.37. The molecule has 0 fully saturated rings. The minimum atomic E-state index is -0.101. The van der Waals surface area contributed by atoms with E-state index in [1.54, 1.807) is 0 Å². The fourth-order valence-corrected chi connectivity index (χ4v) is 8.52. The molecular weight excluding hydrogens is 691 g/mol. The van der Waals surface area contributed by atoms with E-state index in [9.17, 15) is 0 Å². The number of hydrogen-bond donors (Lipinski definition) is 0. The minimum absolute atomic E-state index is 0. The molecule has 1 unspecified atom stereocenters. The van der Waals surface area contributed by atoms with Crippen LogP contribution in [0.4, 0.5) is 0 Å². The second-order valence-electron chi connectivity index (χ2n) is 16.2. The van der Waals surface area contributed by atoms with Gasteiger partial charge in [-0.15, -0.1) is 0 Å². The van der Waals surface area contributed by atoms with Crippen molar-refractivity contribution in [2.24, 2.45) is 11.3 Å². The quantitative estimate of drug-likeness (QED) is 0.296. The SMILES string of the molecule is CC1=CC(C(C)(C)C)C(c2c(C(C)(C)C)c(=C(c3ccccc3)c3ccccc3)cc3c2=[C]([Zr+2])c2cc(C(C)(C)C)ccc2-3)=C1.[Cl-].[Cl-]. The van der Waals surface area contributed by atoms with Gasteiger partial charge in [-0.3, -0.25) is 0 Å². The molecule has 2 aliphatic rings. The third kappa shape index (κ3) is 6.88. The molecule has 2 aliphatic carbocycles. The van der Waals surface area contributed by atoms with Gasteiger partial charge in [0.25, 0.3) is 0 Å². The number of allylic oxidation sites excluding steroid dienone is 4. The summed E-state index contributed by atoms with van der Waals surface area (Å²) in [4.78, 5) is 0. The normalized spacial score (nSPS) is 15.7. The third-order valence-electron chi connectivity index (χ3n) is 9.54. The summed E-state index contributed by atoms with van der Waals surface area (Å²) in [6, 6.07) is 31.9. The number of fused-ring (bicyclic) bond motifs is 3. The Labute approximate surface area is 310 Å². The van der Waals surface area contributed by atoms with Gasteiger partial charge in [0.1, 0.15) is 0 Å². The van der Waals surface area contributed by atoms with Gasteiger partial charge in [-0.05, 0) is 0 Å². The first kappa shape index (κ1) is 37.4. The van der Waals surface area contributed by atoms with Crippen LogP contribution < -0.4 is 35.3 Å². The van der Waals surface area contributed by atoms with Crippen LogP contribution in [0.5, 0.6) is 0 Å². The van der Waals surface area contributed by atoms with Crippen molar-refractivity contribution in [2.45, 2.75) is 80.1 Å². The molecular formula is C44H47Cl2Zr. The van der Waals surface area contributed by atoms with Gasteiger partial charge in [0.15, 0.2) is 0 Å². The van der Waals surface area contributed by atoms with Crippen molar-refractivity contribution in [1.29, 1.82) is 0 Å². The zero-order valence-corrected chi connectivity index (χ0v) is 33.5. The van der Waals surface area contributed by atoms with Gasteiger partial charge in [0.2, 0.25) is 0 Å². The summed E-state index contributed by atoms with van der Waals surface area (Å²) in [5, 5.41) is 2.81. The van der Waals surface area contributed by atoms with Crippen LogP contribution in [0.15, 0.2) is 103 Å². The van der Waals surface area contributed by atoms with Crippen molar-refractivity contribution >= 4 is 14.4 Å². The van der Waals surface area contributed by atoms with Gasteiger partial charge in [0, 0.05) is 0 Å². The smallest absolute Gasteiger partial charge is 1.00 e. The Hall–Kier alpha value is -2.44. The maximum atomic E-state index is 2.56. The molecule has 0 aromatic heterocycles. The first-order chi connectivity index (χ1) is 21.1. The van der Waals surface area contributed by atoms with Gasteiger partial charge in [-0.2, -0.15) is 0 Å². The summed E-state index contributed by atoms with van der Waals surface area (Å²) < 4.78 is 1.49. The van der Waals surface area contributed by atoms with E-state index in [4.69, 9.17) is 0 Å². The Morgan fingerprint density at radius 2 is 1.19 bits per heavy atom. The maximum Gasteiger partial charge on any atom is -1.00 e. The zero-order chi connectivity index (χ0) is 32.5. The zero-order valence-electron chi connectivity index (χ0n) is 29.6. The van der Waals surface area contributed by atoms with Crippen LogP contribution in [0.25, 0.3) is 25.6 Å². The summed E-state index contributed by atoms with van der Waals surface area (Å²) >= 11 is 1.47. The molecule has 0 amide bonds. The van der Waals surface area contributed by atoms with Gasteiger partial charge in [-0.25, -0.2) is 0 Å². The van der Waals surface area contributed by atoms with Gasteiger partial charge in [0.05, 0.1) is 0 Å². The average molecular weight is 738 g/mol. The Bertz CT molecular complexity index is 1950. The van der Waals surface area contributed by atoms with E-state index in [1.165, 1.54) is 99.7 Å². The van der Waals surface area contributed by atoms with Crippen LogP contribution in [-0.4, -0.2) is 0 Å². The standard InChI is InChI=1S/C44H47.2ClH.Zr/c1-28-23-36(38(24-28)43(5,6)7)40-35-26-31-25-32(42(2,3)4)21-22-33(31)34(35)27-37(41(40)44(8,9)10)39(29-17-13-11-14-18-29)30-19-15-12-16-20-30;;;/h11-25,27,38H,1-10H3;2*1H;/q;;;+2/p-2. The molecule has 0 spiro atoms. The first-order valence-electron chi connectivity index (χ1n) is 16.4. The van der Waals surface area contributed by atoms with E-state index in [-0.39, 0.29) is 41.1 Å². The van der Waals surface area contributed by atoms with Crippen molar-refractivity contribution in [3.05, 3.63) is 146 Å². The molecule has 0 radical (unpaired) electrons. The molecule has 4 aromatic rings. The van der Waals surface area contributed by atoms with Crippen molar-refractivity contribution in [3.63, 3.8) is 0 Å². The van der Waals surface area contributed by atoms with Gasteiger partial charge >= 0.3 is 288 Å². The number of benzene rings is 4. The number of halogens is 2. The Balaban J connectivity index is 0.00000250. The van der Waals surface area contributed by atoms with Gasteiger partial charge in [-0.1, -0.05) is 0 Å². The molecule has 0 saturated carbocycles. The minimum Gasteiger partial charge on any atom is -1.00 e. The molecule has 0 saturated heterocycles. The Kier molecular flexibility index (Phi) is 10.7. The van der Waals surface area contributed by atoms with E-state index < -0.39 is 0 Å². The predicted octanol–water partition coefficient (Wildman–Crippen LogP) is 4.23. The van der Waals surface area contributed by atoms with E-state index in [0.717, 1.165) is 0 Å². The third-order valence-corrected chi connectivity index (χ3v) is 10.8. The number of rotatable bonds is 3. The summed E-state index contributed by atoms with van der Waals surface area (Å²) in [7, 11) is 0. The Morgan fingerprint density at radius 1 is 0.638 bits per heavy atom. The number of hydrogen-bond acceptors (Lipinski definition) is 0. The molecule has 241 valence electrons. The molecule has 47 heavy (non-hydrogen) atoms. The molecule has 0 bridgehead atoms. The molecule has 0 N–H and O–H groups in total. The van der Waals surface area contributed by atoms with Crippen LogP contribution in [0.2, 0.25) is 0 Å². The fraction of sp³-hybridized carbons (Fsp3) is 0.318. The van der Waals surface area contributed by atoms with E-state index in [1.807, 2.05) is 0 Å². The summed E-state index contributed by atoms with van der Waals surface area (Å²) in [5.74, 6) is 0.340. The van der Waals surface area contributed by atoms with Crippen molar-refractivity contribution in [2.75, 3.05) is 0 Å². The Morgan fingerprint density at radius 3 is 1.68 bits per heavy atom. The first-order valence-corrected chi connectivity index (χ1v) is 17.6. The monoisotopic (exact) mass is 735 g/mol. The predicted molar refractivity (Wildman–Crippen MR) is 190 cm³/mol. The molecule has 1 atom stereocenters. The average Bonchev–Trinajstić information content (AvgIpc) is 3.50. The second kappa shape index (κ2) is 13.5. The molecule has 3 heteroatoms. The second-order valence-corrected chi connectivity index (χ2v) is 17.4. The largest absolute Gasteiger partial charge is 1.00 e. The molecule has 0 aliphatic heterocycles. The summed E-state index contributed by atoms with van der Waals surface area (Å²) in [5.41, 5.74) is 15.3. The van der Waals surface area contributed by atoms with Crippen LogP contribution in [0, 0.1) is 11.3 Å². The summed E-state index contributed by atoms with van der Waals surface area (Å²) in [6.45, 7) is 23.7. The van der Waals surface area contributed by atoms with Crippen LogP contribution in [0.1, 0.15) is 103 Å². The molecule has 0 nitrogen and oxygen atoms in total. The van der Waals surface area contributed by atoms with E-state index in [0.29, 0.717) is 5.92 Å². The van der Waals surface area contributed by atoms with Crippen molar-refractivity contribution in [1.82, 2.24) is 0 Å². The van der Waals surface area contributed by atoms with Crippen molar-refractivity contribution < 1.29 is 49.5 Å².